The summed E-state index contributed by atoms with van der Waals surface area (Å²) in [6, 6.07) is 13.4. The van der Waals surface area contributed by atoms with E-state index in [4.69, 9.17) is 11.6 Å². The molecule has 0 fully saturated rings. The van der Waals surface area contributed by atoms with Crippen LogP contribution in [-0.4, -0.2) is 20.9 Å². The molecule has 5 nitrogen and oxygen atoms in total. The fraction of sp³-hybridized carbons (Fsp3) is 0.211. The first kappa shape index (κ1) is 20.2. The highest BCUT2D eigenvalue weighted by Gasteiger charge is 2.11. The summed E-state index contributed by atoms with van der Waals surface area (Å²) in [6.07, 6.45) is 3.05. The summed E-state index contributed by atoms with van der Waals surface area (Å²) >= 11 is 5.86. The third kappa shape index (κ3) is 5.69. The van der Waals surface area contributed by atoms with Crippen molar-refractivity contribution < 1.29 is 13.2 Å². The Morgan fingerprint density at radius 1 is 1.12 bits per heavy atom. The number of sulfonamides is 1. The fourth-order valence-corrected chi connectivity index (χ4v) is 3.47. The van der Waals surface area contributed by atoms with E-state index >= 15 is 0 Å². The summed E-state index contributed by atoms with van der Waals surface area (Å²) in [5, 5.41) is 3.51. The predicted molar refractivity (Wildman–Crippen MR) is 104 cm³/mol. The van der Waals surface area contributed by atoms with Gasteiger partial charge >= 0.3 is 0 Å². The van der Waals surface area contributed by atoms with E-state index in [0.717, 1.165) is 11.1 Å². The molecule has 2 aromatic rings. The van der Waals surface area contributed by atoms with Crippen LogP contribution >= 0.6 is 11.6 Å². The molecule has 2 N–H and O–H groups in total. The number of nitrogens with one attached hydrogen (secondary N) is 2. The maximum Gasteiger partial charge on any atom is 0.244 e. The van der Waals surface area contributed by atoms with Gasteiger partial charge in [0.1, 0.15) is 0 Å². The Bertz CT molecular complexity index is 876. The molecule has 0 saturated heterocycles. The summed E-state index contributed by atoms with van der Waals surface area (Å²) in [7, 11) is -3.47. The zero-order valence-corrected chi connectivity index (χ0v) is 16.1. The van der Waals surface area contributed by atoms with Gasteiger partial charge in [0, 0.05) is 17.6 Å². The van der Waals surface area contributed by atoms with E-state index in [1.54, 1.807) is 37.3 Å². The van der Waals surface area contributed by atoms with Crippen molar-refractivity contribution in [2.24, 2.45) is 0 Å². The summed E-state index contributed by atoms with van der Waals surface area (Å²) in [5.74, 6) is -0.239. The minimum absolute atomic E-state index is 0.156. The standard InChI is InChI=1S/C19H21ClN2O3S/c1-3-21-26(24,25)18-11-4-15(5-12-18)6-13-19(23)22-14(2)16-7-9-17(20)10-8-16/h4-14,21H,3H2,1-2H3,(H,22,23)/b13-6+. The van der Waals surface area contributed by atoms with Gasteiger partial charge in [-0.2, -0.15) is 0 Å². The van der Waals surface area contributed by atoms with E-state index in [1.165, 1.54) is 18.2 Å². The highest BCUT2D eigenvalue weighted by Crippen LogP contribution is 2.16. The summed E-state index contributed by atoms with van der Waals surface area (Å²) in [4.78, 5) is 12.2. The minimum Gasteiger partial charge on any atom is -0.346 e. The van der Waals surface area contributed by atoms with Gasteiger partial charge in [-0.3, -0.25) is 4.79 Å². The Kier molecular flexibility index (Phi) is 6.97. The average molecular weight is 393 g/mol. The molecule has 0 radical (unpaired) electrons. The van der Waals surface area contributed by atoms with Crippen molar-refractivity contribution in [3.63, 3.8) is 0 Å². The molecule has 0 aliphatic heterocycles. The molecule has 0 bridgehead atoms. The molecule has 26 heavy (non-hydrogen) atoms. The number of hydrogen-bond donors (Lipinski definition) is 2. The van der Waals surface area contributed by atoms with E-state index in [1.807, 2.05) is 19.1 Å². The molecule has 7 heteroatoms. The van der Waals surface area contributed by atoms with Gasteiger partial charge in [0.15, 0.2) is 0 Å². The number of benzene rings is 2. The Hall–Kier alpha value is -2.15. The van der Waals surface area contributed by atoms with Gasteiger partial charge in [0.25, 0.3) is 0 Å². The molecular formula is C19H21ClN2O3S. The van der Waals surface area contributed by atoms with Gasteiger partial charge in [-0.25, -0.2) is 13.1 Å². The van der Waals surface area contributed by atoms with E-state index in [9.17, 15) is 13.2 Å². The molecule has 1 unspecified atom stereocenters. The Balaban J connectivity index is 1.98. The molecule has 1 amide bonds. The SMILES string of the molecule is CCNS(=O)(=O)c1ccc(/C=C/C(=O)NC(C)c2ccc(Cl)cc2)cc1. The van der Waals surface area contributed by atoms with E-state index < -0.39 is 10.0 Å². The summed E-state index contributed by atoms with van der Waals surface area (Å²) < 4.78 is 26.2. The largest absolute Gasteiger partial charge is 0.346 e. The lowest BCUT2D eigenvalue weighted by Crippen LogP contribution is -2.24. The van der Waals surface area contributed by atoms with Gasteiger partial charge in [0.2, 0.25) is 15.9 Å². The van der Waals surface area contributed by atoms with Crippen molar-refractivity contribution in [3.05, 3.63) is 70.8 Å². The van der Waals surface area contributed by atoms with Crippen LogP contribution in [-0.2, 0) is 14.8 Å². The second kappa shape index (κ2) is 8.98. The van der Waals surface area contributed by atoms with Crippen molar-refractivity contribution >= 4 is 33.6 Å². The number of carbonyl (C=O) groups is 1. The van der Waals surface area contributed by atoms with E-state index in [2.05, 4.69) is 10.0 Å². The molecule has 0 aliphatic rings. The quantitative estimate of drug-likeness (QED) is 0.708. The van der Waals surface area contributed by atoms with Crippen molar-refractivity contribution in [2.45, 2.75) is 24.8 Å². The smallest absolute Gasteiger partial charge is 0.244 e. The second-order valence-corrected chi connectivity index (χ2v) is 7.89. The van der Waals surface area contributed by atoms with E-state index in [-0.39, 0.29) is 16.8 Å². The monoisotopic (exact) mass is 392 g/mol. The first-order chi connectivity index (χ1) is 12.3. The highest BCUT2D eigenvalue weighted by atomic mass is 35.5. The van der Waals surface area contributed by atoms with Gasteiger partial charge in [-0.05, 0) is 48.4 Å². The molecular weight excluding hydrogens is 372 g/mol. The molecule has 0 saturated carbocycles. The van der Waals surface area contributed by atoms with Crippen molar-refractivity contribution in [1.29, 1.82) is 0 Å². The first-order valence-corrected chi connectivity index (χ1v) is 10.0. The third-order valence-corrected chi connectivity index (χ3v) is 5.49. The van der Waals surface area contributed by atoms with Crippen LogP contribution in [0.25, 0.3) is 6.08 Å². The highest BCUT2D eigenvalue weighted by molar-refractivity contribution is 7.89. The first-order valence-electron chi connectivity index (χ1n) is 8.15. The molecule has 1 atom stereocenters. The number of rotatable bonds is 7. The van der Waals surface area contributed by atoms with Crippen molar-refractivity contribution in [2.75, 3.05) is 6.54 Å². The summed E-state index contributed by atoms with van der Waals surface area (Å²) in [6.45, 7) is 3.93. The topological polar surface area (TPSA) is 75.3 Å². The maximum absolute atomic E-state index is 12.0. The van der Waals surface area contributed by atoms with Crippen LogP contribution in [0.5, 0.6) is 0 Å². The lowest BCUT2D eigenvalue weighted by Gasteiger charge is -2.12. The maximum atomic E-state index is 12.0. The number of halogens is 1. The Labute approximate surface area is 159 Å². The van der Waals surface area contributed by atoms with Crippen molar-refractivity contribution in [3.8, 4) is 0 Å². The third-order valence-electron chi connectivity index (χ3n) is 3.68. The van der Waals surface area contributed by atoms with E-state index in [0.29, 0.717) is 11.6 Å². The molecule has 0 heterocycles. The lowest BCUT2D eigenvalue weighted by molar-refractivity contribution is -0.117. The zero-order valence-electron chi connectivity index (χ0n) is 14.6. The molecule has 0 aromatic heterocycles. The minimum atomic E-state index is -3.47. The average Bonchev–Trinajstić information content (AvgIpc) is 2.61. The van der Waals surface area contributed by atoms with Crippen LogP contribution in [0.2, 0.25) is 5.02 Å². The fourth-order valence-electron chi connectivity index (χ4n) is 2.30. The molecule has 0 aliphatic carbocycles. The molecule has 138 valence electrons. The Morgan fingerprint density at radius 2 is 1.73 bits per heavy atom. The van der Waals surface area contributed by atoms with Crippen LogP contribution in [0.1, 0.15) is 31.0 Å². The normalized spacial score (nSPS) is 12.9. The molecule has 0 spiro atoms. The number of carbonyl (C=O) groups excluding carboxylic acids is 1. The van der Waals surface area contributed by atoms with Gasteiger partial charge in [-0.1, -0.05) is 42.8 Å². The second-order valence-electron chi connectivity index (χ2n) is 5.69. The van der Waals surface area contributed by atoms with Gasteiger partial charge in [0.05, 0.1) is 10.9 Å². The van der Waals surface area contributed by atoms with Crippen LogP contribution in [0, 0.1) is 0 Å². The zero-order chi connectivity index (χ0) is 19.2. The number of hydrogen-bond acceptors (Lipinski definition) is 3. The number of amides is 1. The van der Waals surface area contributed by atoms with Crippen LogP contribution in [0.15, 0.2) is 59.5 Å². The predicted octanol–water partition coefficient (Wildman–Crippen LogP) is 3.53. The molecule has 2 aromatic carbocycles. The van der Waals surface area contributed by atoms with Crippen molar-refractivity contribution in [1.82, 2.24) is 10.0 Å². The Morgan fingerprint density at radius 3 is 2.31 bits per heavy atom. The van der Waals surface area contributed by atoms with Crippen LogP contribution in [0.3, 0.4) is 0 Å². The molecule has 2 rings (SSSR count). The van der Waals surface area contributed by atoms with Gasteiger partial charge < -0.3 is 5.32 Å². The lowest BCUT2D eigenvalue weighted by atomic mass is 10.1. The van der Waals surface area contributed by atoms with Crippen LogP contribution in [0.4, 0.5) is 0 Å². The van der Waals surface area contributed by atoms with Crippen LogP contribution < -0.4 is 10.0 Å². The summed E-state index contributed by atoms with van der Waals surface area (Å²) in [5.41, 5.74) is 1.68. The van der Waals surface area contributed by atoms with Gasteiger partial charge in [-0.15, -0.1) is 0 Å².